The second-order valence-corrected chi connectivity index (χ2v) is 21.1. The normalized spacial score (nSPS) is 13.5. The first-order valence-corrected chi connectivity index (χ1v) is 21.4. The molecule has 5 aromatic rings. The van der Waals surface area contributed by atoms with Gasteiger partial charge in [0.2, 0.25) is 0 Å². The van der Waals surface area contributed by atoms with Crippen molar-refractivity contribution in [2.24, 2.45) is 0 Å². The number of aryl methyl sites for hydroxylation is 1. The lowest BCUT2D eigenvalue weighted by Gasteiger charge is -2.45. The summed E-state index contributed by atoms with van der Waals surface area (Å²) in [5.74, 6) is 1.69. The van der Waals surface area contributed by atoms with E-state index in [0.717, 1.165) is 32.8 Å². The van der Waals surface area contributed by atoms with Crippen LogP contribution in [0.1, 0.15) is 63.8 Å². The number of hydrogen-bond donors (Lipinski definition) is 1. The molecule has 0 aliphatic rings. The van der Waals surface area contributed by atoms with Crippen molar-refractivity contribution < 1.29 is 27.8 Å². The van der Waals surface area contributed by atoms with E-state index in [-0.39, 0.29) is 17.9 Å². The number of rotatable bonds is 12. The van der Waals surface area contributed by atoms with E-state index in [9.17, 15) is 18.9 Å². The number of benzene rings is 4. The molecule has 1 heterocycles. The molecule has 4 aromatic carbocycles. The summed E-state index contributed by atoms with van der Waals surface area (Å²) >= 11 is 0. The zero-order chi connectivity index (χ0) is 38.4. The summed E-state index contributed by atoms with van der Waals surface area (Å²) in [6.07, 6.45) is -1.64. The average Bonchev–Trinajstić information content (AvgIpc) is 3.13. The summed E-state index contributed by atoms with van der Waals surface area (Å²) in [5.41, 5.74) is 8.06. The van der Waals surface area contributed by atoms with Crippen LogP contribution in [0.25, 0.3) is 22.4 Å². The van der Waals surface area contributed by atoms with Crippen molar-refractivity contribution in [3.63, 3.8) is 0 Å². The van der Waals surface area contributed by atoms with Crippen molar-refractivity contribution in [2.75, 3.05) is 13.3 Å². The van der Waals surface area contributed by atoms with Gasteiger partial charge in [-0.05, 0) is 63.2 Å². The van der Waals surface area contributed by atoms with Crippen LogP contribution in [0, 0.1) is 24.3 Å². The van der Waals surface area contributed by atoms with Gasteiger partial charge in [0.05, 0.1) is 35.6 Å². The molecule has 0 bridgehead atoms. The van der Waals surface area contributed by atoms with Crippen molar-refractivity contribution in [3.8, 4) is 34.0 Å². The lowest BCUT2D eigenvalue weighted by molar-refractivity contribution is -0.138. The van der Waals surface area contributed by atoms with Crippen LogP contribution >= 0.6 is 7.37 Å². The Morgan fingerprint density at radius 2 is 1.45 bits per heavy atom. The smallest absolute Gasteiger partial charge is 0.305 e. The van der Waals surface area contributed by atoms with Gasteiger partial charge in [0.25, 0.3) is 15.7 Å². The second kappa shape index (κ2) is 16.6. The van der Waals surface area contributed by atoms with Crippen LogP contribution in [0.2, 0.25) is 5.04 Å². The fraction of sp³-hybridized carbons (Fsp3) is 0.273. The maximum Gasteiger partial charge on any atom is 0.305 e. The van der Waals surface area contributed by atoms with Gasteiger partial charge >= 0.3 is 5.97 Å². The summed E-state index contributed by atoms with van der Waals surface area (Å²) in [4.78, 5) is 17.5. The van der Waals surface area contributed by atoms with Crippen LogP contribution in [0.15, 0.2) is 115 Å². The minimum atomic E-state index is -3.87. The molecule has 0 amide bonds. The number of aromatic nitrogens is 1. The highest BCUT2D eigenvalue weighted by molar-refractivity contribution is 7.64. The third kappa shape index (κ3) is 8.95. The first-order chi connectivity index (χ1) is 25.2. The molecule has 0 aliphatic heterocycles. The molecular weight excluding hydrogens is 701 g/mol. The SMILES string of the molecule is COP(=O)(C#Cc1c(-c2ccc(F)cc2C)cc(-c2ccccc2)nc1C(C)C)C[C@H](CC(=O)O)O[Si](c1ccccc1)(c1ccccc1)C(C)(C)C. The largest absolute Gasteiger partial charge is 0.481 e. The van der Waals surface area contributed by atoms with E-state index in [1.807, 2.05) is 118 Å². The molecule has 6 nitrogen and oxygen atoms in total. The van der Waals surface area contributed by atoms with Gasteiger partial charge in [-0.1, -0.05) is 138 Å². The minimum Gasteiger partial charge on any atom is -0.481 e. The van der Waals surface area contributed by atoms with Gasteiger partial charge in [-0.3, -0.25) is 14.3 Å². The maximum absolute atomic E-state index is 14.8. The summed E-state index contributed by atoms with van der Waals surface area (Å²) in [7, 11) is -5.76. The van der Waals surface area contributed by atoms with E-state index < -0.39 is 39.2 Å². The van der Waals surface area contributed by atoms with Gasteiger partial charge in [-0.25, -0.2) is 4.39 Å². The molecule has 0 radical (unpaired) electrons. The van der Waals surface area contributed by atoms with E-state index in [1.165, 1.54) is 19.2 Å². The van der Waals surface area contributed by atoms with Crippen molar-refractivity contribution in [3.05, 3.63) is 138 Å². The Morgan fingerprint density at radius 1 is 0.887 bits per heavy atom. The number of carboxylic acids is 1. The lowest BCUT2D eigenvalue weighted by atomic mass is 9.91. The van der Waals surface area contributed by atoms with E-state index in [1.54, 1.807) is 6.07 Å². The zero-order valence-corrected chi connectivity index (χ0v) is 33.3. The van der Waals surface area contributed by atoms with Gasteiger partial charge in [-0.15, -0.1) is 0 Å². The molecule has 0 fully saturated rings. The monoisotopic (exact) mass is 747 g/mol. The number of carboxylic acid groups (broad SMARTS) is 1. The van der Waals surface area contributed by atoms with Crippen molar-refractivity contribution in [2.45, 2.75) is 65.0 Å². The molecule has 274 valence electrons. The first-order valence-electron chi connectivity index (χ1n) is 17.7. The van der Waals surface area contributed by atoms with Gasteiger partial charge in [0.1, 0.15) is 5.82 Å². The minimum absolute atomic E-state index is 0.0809. The third-order valence-electron chi connectivity index (χ3n) is 9.40. The molecule has 1 unspecified atom stereocenters. The van der Waals surface area contributed by atoms with Gasteiger partial charge in [0, 0.05) is 18.2 Å². The van der Waals surface area contributed by atoms with E-state index in [4.69, 9.17) is 13.9 Å². The van der Waals surface area contributed by atoms with Crippen LogP contribution in [-0.4, -0.2) is 43.8 Å². The Hall–Kier alpha value is -4.64. The van der Waals surface area contributed by atoms with Crippen molar-refractivity contribution in [1.82, 2.24) is 4.98 Å². The Bertz CT molecular complexity index is 2120. The Kier molecular flexibility index (Phi) is 12.4. The van der Waals surface area contributed by atoms with Crippen LogP contribution in [0.4, 0.5) is 4.39 Å². The highest BCUT2D eigenvalue weighted by Crippen LogP contribution is 2.48. The molecule has 5 rings (SSSR count). The van der Waals surface area contributed by atoms with E-state index in [2.05, 4.69) is 32.4 Å². The molecular formula is C44H47FNO5PSi. The summed E-state index contributed by atoms with van der Waals surface area (Å²) in [5, 5.41) is 11.7. The number of halogens is 1. The van der Waals surface area contributed by atoms with Gasteiger partial charge in [-0.2, -0.15) is 0 Å². The number of nitrogens with zero attached hydrogens (tertiary/aromatic N) is 1. The molecule has 1 aromatic heterocycles. The zero-order valence-electron chi connectivity index (χ0n) is 31.4. The van der Waals surface area contributed by atoms with Gasteiger partial charge < -0.3 is 14.1 Å². The Labute approximate surface area is 314 Å². The highest BCUT2D eigenvalue weighted by Gasteiger charge is 2.52. The maximum atomic E-state index is 14.8. The average molecular weight is 748 g/mol. The fourth-order valence-electron chi connectivity index (χ4n) is 6.87. The molecule has 0 saturated heterocycles. The Morgan fingerprint density at radius 3 is 1.94 bits per heavy atom. The molecule has 1 N–H and O–H groups in total. The van der Waals surface area contributed by atoms with Gasteiger partial charge in [0.15, 0.2) is 0 Å². The molecule has 53 heavy (non-hydrogen) atoms. The standard InChI is InChI=1S/C44H47FNO5PSi/c1-31(2)43-39(40(38-24-23-34(45)27-32(38)3)29-41(46-43)33-17-11-8-12-18-33)25-26-52(49,50-7)30-35(28-42(47)48)51-53(44(4,5)6,36-19-13-9-14-20-36)37-21-15-10-16-22-37/h8-24,27,29,31,35H,28,30H2,1-7H3,(H,47,48)/t35-,52?/m0/s1. The summed E-state index contributed by atoms with van der Waals surface area (Å²) in [6, 6.07) is 36.1. The molecule has 0 aliphatic carbocycles. The van der Waals surface area contributed by atoms with E-state index in [0.29, 0.717) is 16.8 Å². The quantitative estimate of drug-likeness (QED) is 0.0778. The highest BCUT2D eigenvalue weighted by atomic mass is 31.2. The topological polar surface area (TPSA) is 85.7 Å². The molecule has 0 saturated carbocycles. The summed E-state index contributed by atoms with van der Waals surface area (Å²) < 4.78 is 42.0. The lowest BCUT2D eigenvalue weighted by Crippen LogP contribution is -2.68. The predicted octanol–water partition coefficient (Wildman–Crippen LogP) is 9.64. The Balaban J connectivity index is 1.67. The number of aliphatic carboxylic acids is 1. The van der Waals surface area contributed by atoms with E-state index >= 15 is 0 Å². The molecule has 9 heteroatoms. The summed E-state index contributed by atoms with van der Waals surface area (Å²) in [6.45, 7) is 12.2. The second-order valence-electron chi connectivity index (χ2n) is 14.6. The number of hydrogen-bond acceptors (Lipinski definition) is 5. The van der Waals surface area contributed by atoms with Crippen LogP contribution in [-0.2, 0) is 18.3 Å². The fourth-order valence-corrected chi connectivity index (χ4v) is 13.0. The number of carbonyl (C=O) groups is 1. The predicted molar refractivity (Wildman–Crippen MR) is 215 cm³/mol. The number of pyridine rings is 1. The van der Waals surface area contributed by atoms with Crippen molar-refractivity contribution in [1.29, 1.82) is 0 Å². The third-order valence-corrected chi connectivity index (χ3v) is 16.4. The van der Waals surface area contributed by atoms with Crippen molar-refractivity contribution >= 4 is 32.0 Å². The molecule has 2 atom stereocenters. The van der Waals surface area contributed by atoms with Crippen LogP contribution in [0.3, 0.4) is 0 Å². The molecule has 0 spiro atoms. The van der Waals surface area contributed by atoms with Crippen LogP contribution < -0.4 is 10.4 Å². The van der Waals surface area contributed by atoms with Crippen LogP contribution in [0.5, 0.6) is 0 Å². The first kappa shape index (κ1) is 39.6.